The van der Waals surface area contributed by atoms with Crippen molar-refractivity contribution in [1.82, 2.24) is 20.0 Å². The number of hydrogen-bond donors (Lipinski definition) is 1. The fraction of sp³-hybridized carbons (Fsp3) is 0.217. The fourth-order valence-electron chi connectivity index (χ4n) is 3.50. The van der Waals surface area contributed by atoms with Crippen molar-refractivity contribution in [3.8, 4) is 0 Å². The summed E-state index contributed by atoms with van der Waals surface area (Å²) in [5, 5.41) is 6.96. The van der Waals surface area contributed by atoms with Gasteiger partial charge in [0.15, 0.2) is 0 Å². The highest BCUT2D eigenvalue weighted by Gasteiger charge is 2.35. The summed E-state index contributed by atoms with van der Waals surface area (Å²) in [6.07, 6.45) is 4.91. The van der Waals surface area contributed by atoms with E-state index in [-0.39, 0.29) is 23.3 Å². The first-order chi connectivity index (χ1) is 14.6. The van der Waals surface area contributed by atoms with Crippen molar-refractivity contribution in [2.24, 2.45) is 0 Å². The Morgan fingerprint density at radius 2 is 1.73 bits per heavy atom. The molecule has 3 aromatic rings. The minimum absolute atomic E-state index is 0.263. The third kappa shape index (κ3) is 4.15. The second-order valence-electron chi connectivity index (χ2n) is 7.14. The van der Waals surface area contributed by atoms with Crippen LogP contribution in [0.15, 0.2) is 67.0 Å². The summed E-state index contributed by atoms with van der Waals surface area (Å²) in [6, 6.07) is 16.2. The molecule has 1 aromatic heterocycles. The number of rotatable bonds is 8. The van der Waals surface area contributed by atoms with Gasteiger partial charge in [0.2, 0.25) is 0 Å². The van der Waals surface area contributed by atoms with Crippen molar-refractivity contribution in [3.63, 3.8) is 0 Å². The molecule has 7 heteroatoms. The standard InChI is InChI=1S/C23H22N4O3/c28-21(24-11-4-13-26-14-5-12-25-26)18-8-9-19-20(16-18)23(30)27(22(19)29)15-10-17-6-2-1-3-7-17/h1-3,5-9,12,14,16H,4,10-11,13,15H2,(H,24,28). The number of aromatic nitrogens is 2. The molecule has 0 unspecified atom stereocenters. The van der Waals surface area contributed by atoms with E-state index in [0.29, 0.717) is 37.2 Å². The second-order valence-corrected chi connectivity index (χ2v) is 7.14. The molecule has 0 aliphatic carbocycles. The van der Waals surface area contributed by atoms with Gasteiger partial charge in [-0.1, -0.05) is 30.3 Å². The molecule has 4 rings (SSSR count). The van der Waals surface area contributed by atoms with Gasteiger partial charge < -0.3 is 5.32 Å². The number of fused-ring (bicyclic) bond motifs is 1. The van der Waals surface area contributed by atoms with E-state index in [1.165, 1.54) is 11.0 Å². The van der Waals surface area contributed by atoms with E-state index in [0.717, 1.165) is 12.0 Å². The van der Waals surface area contributed by atoms with Crippen LogP contribution in [0, 0.1) is 0 Å². The zero-order valence-corrected chi connectivity index (χ0v) is 16.5. The smallest absolute Gasteiger partial charge is 0.261 e. The lowest BCUT2D eigenvalue weighted by atomic mass is 10.1. The van der Waals surface area contributed by atoms with E-state index in [1.807, 2.05) is 42.6 Å². The van der Waals surface area contributed by atoms with Crippen molar-refractivity contribution in [2.45, 2.75) is 19.4 Å². The lowest BCUT2D eigenvalue weighted by Crippen LogP contribution is -2.31. The zero-order chi connectivity index (χ0) is 20.9. The van der Waals surface area contributed by atoms with Crippen molar-refractivity contribution < 1.29 is 14.4 Å². The molecule has 2 aromatic carbocycles. The normalized spacial score (nSPS) is 12.9. The minimum Gasteiger partial charge on any atom is -0.352 e. The molecule has 152 valence electrons. The van der Waals surface area contributed by atoms with Crippen LogP contribution < -0.4 is 5.32 Å². The highest BCUT2D eigenvalue weighted by Crippen LogP contribution is 2.24. The number of amides is 3. The predicted molar refractivity (Wildman–Crippen MR) is 111 cm³/mol. The summed E-state index contributed by atoms with van der Waals surface area (Å²) in [5.41, 5.74) is 2.07. The Morgan fingerprint density at radius 3 is 2.50 bits per heavy atom. The van der Waals surface area contributed by atoms with Crippen LogP contribution in [0.1, 0.15) is 43.1 Å². The molecule has 1 aliphatic rings. The molecule has 0 bridgehead atoms. The summed E-state index contributed by atoms with van der Waals surface area (Å²) in [4.78, 5) is 39.1. The van der Waals surface area contributed by atoms with Gasteiger partial charge in [-0.3, -0.25) is 24.0 Å². The van der Waals surface area contributed by atoms with Gasteiger partial charge in [-0.25, -0.2) is 0 Å². The van der Waals surface area contributed by atoms with Crippen molar-refractivity contribution in [2.75, 3.05) is 13.1 Å². The summed E-state index contributed by atoms with van der Waals surface area (Å²) < 4.78 is 1.80. The number of imide groups is 1. The third-order valence-corrected chi connectivity index (χ3v) is 5.11. The molecule has 0 fully saturated rings. The van der Waals surface area contributed by atoms with Gasteiger partial charge in [-0.2, -0.15) is 5.10 Å². The number of carbonyl (C=O) groups excluding carboxylic acids is 3. The Balaban J connectivity index is 1.36. The van der Waals surface area contributed by atoms with Gasteiger partial charge in [-0.15, -0.1) is 0 Å². The van der Waals surface area contributed by atoms with Gasteiger partial charge >= 0.3 is 0 Å². The first-order valence-electron chi connectivity index (χ1n) is 9.93. The molecule has 0 spiro atoms. The molecule has 2 heterocycles. The number of nitrogens with one attached hydrogen (secondary N) is 1. The van der Waals surface area contributed by atoms with E-state index >= 15 is 0 Å². The van der Waals surface area contributed by atoms with Crippen LogP contribution in [-0.4, -0.2) is 45.5 Å². The summed E-state index contributed by atoms with van der Waals surface area (Å²) in [5.74, 6) is -0.919. The summed E-state index contributed by atoms with van der Waals surface area (Å²) >= 11 is 0. The van der Waals surface area contributed by atoms with E-state index in [2.05, 4.69) is 10.4 Å². The number of nitrogens with zero attached hydrogens (tertiary/aromatic N) is 3. The average Bonchev–Trinajstić information content (AvgIpc) is 3.37. The Hall–Kier alpha value is -3.74. The molecule has 0 saturated heterocycles. The van der Waals surface area contributed by atoms with E-state index in [9.17, 15) is 14.4 Å². The van der Waals surface area contributed by atoms with Crippen LogP contribution in [-0.2, 0) is 13.0 Å². The van der Waals surface area contributed by atoms with E-state index in [4.69, 9.17) is 0 Å². The van der Waals surface area contributed by atoms with E-state index in [1.54, 1.807) is 23.0 Å². The van der Waals surface area contributed by atoms with Crippen molar-refractivity contribution >= 4 is 17.7 Å². The largest absolute Gasteiger partial charge is 0.352 e. The van der Waals surface area contributed by atoms with Crippen LogP contribution in [0.3, 0.4) is 0 Å². The molecule has 0 radical (unpaired) electrons. The maximum absolute atomic E-state index is 12.8. The molecular formula is C23H22N4O3. The van der Waals surface area contributed by atoms with Crippen molar-refractivity contribution in [3.05, 3.63) is 89.2 Å². The van der Waals surface area contributed by atoms with Crippen LogP contribution in [0.4, 0.5) is 0 Å². The van der Waals surface area contributed by atoms with Gasteiger partial charge in [-0.05, 0) is 42.7 Å². The molecule has 0 atom stereocenters. The lowest BCUT2D eigenvalue weighted by molar-refractivity contribution is 0.0656. The predicted octanol–water partition coefficient (Wildman–Crippen LogP) is 2.54. The molecule has 7 nitrogen and oxygen atoms in total. The molecule has 0 saturated carbocycles. The Morgan fingerprint density at radius 1 is 0.933 bits per heavy atom. The quantitative estimate of drug-likeness (QED) is 0.464. The zero-order valence-electron chi connectivity index (χ0n) is 16.5. The van der Waals surface area contributed by atoms with Crippen LogP contribution in [0.5, 0.6) is 0 Å². The molecule has 1 aliphatic heterocycles. The van der Waals surface area contributed by atoms with E-state index < -0.39 is 0 Å². The lowest BCUT2D eigenvalue weighted by Gasteiger charge is -2.13. The Kier molecular flexibility index (Phi) is 5.70. The van der Waals surface area contributed by atoms with Gasteiger partial charge in [0.25, 0.3) is 17.7 Å². The molecule has 1 N–H and O–H groups in total. The molecular weight excluding hydrogens is 380 g/mol. The number of aryl methyl sites for hydroxylation is 1. The monoisotopic (exact) mass is 402 g/mol. The summed E-state index contributed by atoms with van der Waals surface area (Å²) in [6.45, 7) is 1.51. The van der Waals surface area contributed by atoms with Gasteiger partial charge in [0, 0.05) is 37.6 Å². The second kappa shape index (κ2) is 8.73. The Bertz CT molecular complexity index is 1060. The van der Waals surface area contributed by atoms with Crippen LogP contribution >= 0.6 is 0 Å². The number of carbonyl (C=O) groups is 3. The number of benzene rings is 2. The first kappa shape index (κ1) is 19.6. The fourth-order valence-corrected chi connectivity index (χ4v) is 3.50. The first-order valence-corrected chi connectivity index (χ1v) is 9.93. The van der Waals surface area contributed by atoms with Gasteiger partial charge in [0.05, 0.1) is 11.1 Å². The maximum atomic E-state index is 12.8. The Labute approximate surface area is 174 Å². The van der Waals surface area contributed by atoms with Gasteiger partial charge in [0.1, 0.15) is 0 Å². The third-order valence-electron chi connectivity index (χ3n) is 5.11. The molecule has 3 amide bonds. The topological polar surface area (TPSA) is 84.3 Å². The molecule has 30 heavy (non-hydrogen) atoms. The van der Waals surface area contributed by atoms with Crippen LogP contribution in [0.25, 0.3) is 0 Å². The minimum atomic E-state index is -0.348. The number of hydrogen-bond acceptors (Lipinski definition) is 4. The summed E-state index contributed by atoms with van der Waals surface area (Å²) in [7, 11) is 0. The SMILES string of the molecule is O=C(NCCCn1cccn1)c1ccc2c(c1)C(=O)N(CCc1ccccc1)C2=O. The average molecular weight is 402 g/mol. The maximum Gasteiger partial charge on any atom is 0.261 e. The van der Waals surface area contributed by atoms with Crippen molar-refractivity contribution in [1.29, 1.82) is 0 Å². The highest BCUT2D eigenvalue weighted by molar-refractivity contribution is 6.22. The van der Waals surface area contributed by atoms with Crippen LogP contribution in [0.2, 0.25) is 0 Å². The highest BCUT2D eigenvalue weighted by atomic mass is 16.2.